The number of hydrogen-bond donors (Lipinski definition) is 1. The molecule has 5 heteroatoms. The van der Waals surface area contributed by atoms with Gasteiger partial charge in [0.15, 0.2) is 6.10 Å². The number of carboxylic acid groups (broad SMARTS) is 1. The lowest BCUT2D eigenvalue weighted by Gasteiger charge is -2.31. The van der Waals surface area contributed by atoms with Gasteiger partial charge in [0, 0.05) is 19.6 Å². The van der Waals surface area contributed by atoms with Gasteiger partial charge in [-0.25, -0.2) is 4.79 Å². The van der Waals surface area contributed by atoms with Crippen molar-refractivity contribution in [2.75, 3.05) is 26.8 Å². The second-order valence-electron chi connectivity index (χ2n) is 12.7. The number of rotatable bonds is 14. The Morgan fingerprint density at radius 2 is 1.44 bits per heavy atom. The first-order valence-electron chi connectivity index (χ1n) is 17.1. The Morgan fingerprint density at radius 3 is 2.17 bits per heavy atom. The molecule has 0 amide bonds. The second kappa shape index (κ2) is 15.9. The highest BCUT2D eigenvalue weighted by Gasteiger charge is 2.28. The number of aryl methyl sites for hydroxylation is 4. The van der Waals surface area contributed by atoms with Gasteiger partial charge in [0.25, 0.3) is 0 Å². The summed E-state index contributed by atoms with van der Waals surface area (Å²) in [7, 11) is 2.21. The molecule has 2 unspecified atom stereocenters. The predicted octanol–water partition coefficient (Wildman–Crippen LogP) is 8.37. The van der Waals surface area contributed by atoms with E-state index in [-0.39, 0.29) is 6.04 Å². The quantitative estimate of drug-likeness (QED) is 0.132. The summed E-state index contributed by atoms with van der Waals surface area (Å²) in [6, 6.07) is 43.3. The van der Waals surface area contributed by atoms with Crippen molar-refractivity contribution in [1.29, 1.82) is 0 Å². The van der Waals surface area contributed by atoms with Crippen molar-refractivity contribution in [2.24, 2.45) is 0 Å². The third kappa shape index (κ3) is 8.22. The first-order valence-corrected chi connectivity index (χ1v) is 17.1. The van der Waals surface area contributed by atoms with Crippen LogP contribution in [0.4, 0.5) is 0 Å². The molecule has 0 radical (unpaired) electrons. The molecule has 5 aromatic rings. The molecule has 0 saturated carbocycles. The third-order valence-corrected chi connectivity index (χ3v) is 9.40. The number of carboxylic acids is 1. The molecule has 0 spiro atoms. The number of fused-ring (bicyclic) bond motifs is 2. The lowest BCUT2D eigenvalue weighted by Crippen LogP contribution is -2.30. The van der Waals surface area contributed by atoms with Crippen LogP contribution in [-0.2, 0) is 41.6 Å². The molecule has 5 nitrogen and oxygen atoms in total. The highest BCUT2D eigenvalue weighted by molar-refractivity contribution is 5.72. The Kier molecular flexibility index (Phi) is 11.0. The molecule has 1 aliphatic carbocycles. The van der Waals surface area contributed by atoms with Crippen LogP contribution >= 0.6 is 0 Å². The minimum atomic E-state index is -0.943. The van der Waals surface area contributed by atoms with Crippen molar-refractivity contribution in [1.82, 2.24) is 4.90 Å². The molecular formula is C43H45NO4. The molecule has 246 valence electrons. The maximum absolute atomic E-state index is 11.5. The van der Waals surface area contributed by atoms with Crippen molar-refractivity contribution in [2.45, 2.75) is 51.2 Å². The first-order chi connectivity index (χ1) is 23.5. The zero-order chi connectivity index (χ0) is 33.3. The number of nitrogens with zero attached hydrogens (tertiary/aromatic N) is 1. The van der Waals surface area contributed by atoms with Crippen LogP contribution in [0.25, 0.3) is 11.1 Å². The van der Waals surface area contributed by atoms with Gasteiger partial charge >= 0.3 is 5.97 Å². The Bertz CT molecular complexity index is 1790. The van der Waals surface area contributed by atoms with E-state index < -0.39 is 12.1 Å². The smallest absolute Gasteiger partial charge is 0.333 e. The lowest BCUT2D eigenvalue weighted by molar-refractivity contribution is -0.149. The van der Waals surface area contributed by atoms with Crippen LogP contribution in [0.5, 0.6) is 5.75 Å². The summed E-state index contributed by atoms with van der Waals surface area (Å²) < 4.78 is 11.6. The van der Waals surface area contributed by atoms with E-state index in [0.717, 1.165) is 43.5 Å². The van der Waals surface area contributed by atoms with E-state index in [4.69, 9.17) is 9.47 Å². The van der Waals surface area contributed by atoms with Gasteiger partial charge in [-0.1, -0.05) is 109 Å². The molecule has 1 aliphatic rings. The highest BCUT2D eigenvalue weighted by atomic mass is 16.5. The van der Waals surface area contributed by atoms with Crippen LogP contribution in [0.2, 0.25) is 0 Å². The maximum Gasteiger partial charge on any atom is 0.333 e. The molecule has 0 saturated heterocycles. The van der Waals surface area contributed by atoms with Crippen LogP contribution in [0.3, 0.4) is 0 Å². The van der Waals surface area contributed by atoms with Gasteiger partial charge in [0.2, 0.25) is 0 Å². The molecular weight excluding hydrogens is 594 g/mol. The summed E-state index contributed by atoms with van der Waals surface area (Å²) in [4.78, 5) is 13.9. The van der Waals surface area contributed by atoms with Crippen molar-refractivity contribution in [3.63, 3.8) is 0 Å². The van der Waals surface area contributed by atoms with Gasteiger partial charge in [0.05, 0.1) is 6.04 Å². The number of likely N-dealkylation sites (N-methyl/N-ethyl adjacent to an activating group) is 1. The number of carbonyl (C=O) groups is 1. The van der Waals surface area contributed by atoms with E-state index >= 15 is 0 Å². The predicted molar refractivity (Wildman–Crippen MR) is 193 cm³/mol. The van der Waals surface area contributed by atoms with Gasteiger partial charge in [-0.15, -0.1) is 0 Å². The fraction of sp³-hybridized carbons (Fsp3) is 0.279. The molecule has 0 fully saturated rings. The SMILES string of the molecule is CCOC(Cc1ccc(OCCN(C)C2c3ccc(-c4ccccc4)cc3CCc3ccc(CCc4ccccc4)cc32)cc1)C(=O)O. The van der Waals surface area contributed by atoms with Crippen molar-refractivity contribution in [3.05, 3.63) is 160 Å². The fourth-order valence-electron chi connectivity index (χ4n) is 6.82. The average molecular weight is 640 g/mol. The van der Waals surface area contributed by atoms with Gasteiger partial charge in [0.1, 0.15) is 12.4 Å². The summed E-state index contributed by atoms with van der Waals surface area (Å²) in [5.41, 5.74) is 11.7. The lowest BCUT2D eigenvalue weighted by atomic mass is 9.90. The second-order valence-corrected chi connectivity index (χ2v) is 12.7. The largest absolute Gasteiger partial charge is 0.492 e. The Balaban J connectivity index is 1.22. The van der Waals surface area contributed by atoms with Crippen molar-refractivity contribution >= 4 is 5.97 Å². The molecule has 0 aromatic heterocycles. The number of benzene rings is 5. The Hall–Kier alpha value is -4.71. The molecule has 2 atom stereocenters. The van der Waals surface area contributed by atoms with Crippen molar-refractivity contribution < 1.29 is 19.4 Å². The monoisotopic (exact) mass is 639 g/mol. The molecule has 0 heterocycles. The summed E-state index contributed by atoms with van der Waals surface area (Å²) in [6.45, 7) is 3.45. The zero-order valence-electron chi connectivity index (χ0n) is 28.0. The Morgan fingerprint density at radius 1 is 0.750 bits per heavy atom. The van der Waals surface area contributed by atoms with Gasteiger partial charge in [-0.05, 0) is 102 Å². The average Bonchev–Trinajstić information content (AvgIpc) is 3.28. The minimum absolute atomic E-state index is 0.108. The summed E-state index contributed by atoms with van der Waals surface area (Å²) in [5, 5.41) is 9.44. The molecule has 1 N–H and O–H groups in total. The number of hydrogen-bond acceptors (Lipinski definition) is 4. The van der Waals surface area contributed by atoms with E-state index in [2.05, 4.69) is 109 Å². The van der Waals surface area contributed by atoms with Gasteiger partial charge in [-0.3, -0.25) is 4.90 Å². The molecule has 48 heavy (non-hydrogen) atoms. The molecule has 5 aromatic carbocycles. The molecule has 6 rings (SSSR count). The number of aliphatic carboxylic acids is 1. The van der Waals surface area contributed by atoms with E-state index in [1.807, 2.05) is 31.2 Å². The number of ether oxygens (including phenoxy) is 2. The third-order valence-electron chi connectivity index (χ3n) is 9.40. The summed E-state index contributed by atoms with van der Waals surface area (Å²) in [6.07, 6.45) is 3.52. The molecule has 0 bridgehead atoms. The van der Waals surface area contributed by atoms with Crippen LogP contribution in [-0.4, -0.2) is 48.9 Å². The normalized spacial score (nSPS) is 14.5. The van der Waals surface area contributed by atoms with Gasteiger partial charge in [-0.2, -0.15) is 0 Å². The van der Waals surface area contributed by atoms with E-state index in [1.165, 1.54) is 44.5 Å². The summed E-state index contributed by atoms with van der Waals surface area (Å²) in [5.74, 6) is -0.172. The van der Waals surface area contributed by atoms with Crippen LogP contribution in [0.15, 0.2) is 121 Å². The standard InChI is InChI=1S/C43H45NO4/c1-3-47-41(43(45)46)29-33-17-23-38(24-18-33)48-27-26-44(2)42-39-25-22-36(34-12-8-5-9-13-34)30-37(39)21-20-35-19-16-32(28-40(35)42)15-14-31-10-6-4-7-11-31/h4-13,16-19,22-25,28,30,41-42H,3,14-15,20-21,26-27,29H2,1-2H3,(H,45,46). The highest BCUT2D eigenvalue weighted by Crippen LogP contribution is 2.38. The fourth-order valence-corrected chi connectivity index (χ4v) is 6.82. The summed E-state index contributed by atoms with van der Waals surface area (Å²) >= 11 is 0. The van der Waals surface area contributed by atoms with Gasteiger partial charge < -0.3 is 14.6 Å². The topological polar surface area (TPSA) is 59.0 Å². The van der Waals surface area contributed by atoms with E-state index in [9.17, 15) is 9.90 Å². The van der Waals surface area contributed by atoms with Crippen LogP contribution in [0, 0.1) is 0 Å². The van der Waals surface area contributed by atoms with E-state index in [0.29, 0.717) is 19.6 Å². The minimum Gasteiger partial charge on any atom is -0.492 e. The zero-order valence-corrected chi connectivity index (χ0v) is 28.0. The van der Waals surface area contributed by atoms with Crippen molar-refractivity contribution in [3.8, 4) is 16.9 Å². The Labute approximate surface area is 284 Å². The maximum atomic E-state index is 11.5. The van der Waals surface area contributed by atoms with E-state index in [1.54, 1.807) is 0 Å². The van der Waals surface area contributed by atoms with Crippen LogP contribution in [0.1, 0.15) is 51.9 Å². The first kappa shape index (κ1) is 33.2. The molecule has 0 aliphatic heterocycles. The van der Waals surface area contributed by atoms with Crippen LogP contribution < -0.4 is 4.74 Å².